The van der Waals surface area contributed by atoms with Gasteiger partial charge < -0.3 is 10.6 Å². The number of sulfonamides is 1. The highest BCUT2D eigenvalue weighted by Gasteiger charge is 2.24. The standard InChI is InChI=1S/C11H15FIN3O2S/c1-19(17,18)16-4-2-15(3-5-16)11-6-8(12)9(13)7-10(11)14/h6-7H,2-5,14H2,1H3. The molecule has 2 rings (SSSR count). The molecule has 0 unspecified atom stereocenters. The number of hydrogen-bond acceptors (Lipinski definition) is 4. The second kappa shape index (κ2) is 5.41. The van der Waals surface area contributed by atoms with Crippen molar-refractivity contribution in [2.24, 2.45) is 0 Å². The number of benzene rings is 1. The van der Waals surface area contributed by atoms with Gasteiger partial charge in [0.25, 0.3) is 0 Å². The SMILES string of the molecule is CS(=O)(=O)N1CCN(c2cc(F)c(I)cc2N)CC1. The summed E-state index contributed by atoms with van der Waals surface area (Å²) in [6, 6.07) is 3.00. The molecule has 1 aliphatic rings. The van der Waals surface area contributed by atoms with Gasteiger partial charge in [-0.05, 0) is 28.7 Å². The summed E-state index contributed by atoms with van der Waals surface area (Å²) in [5.74, 6) is -0.310. The first kappa shape index (κ1) is 14.8. The molecule has 0 atom stereocenters. The monoisotopic (exact) mass is 399 g/mol. The zero-order chi connectivity index (χ0) is 14.2. The highest BCUT2D eigenvalue weighted by Crippen LogP contribution is 2.28. The van der Waals surface area contributed by atoms with E-state index in [4.69, 9.17) is 5.73 Å². The number of nitrogens with two attached hydrogens (primary N) is 1. The van der Waals surface area contributed by atoms with Crippen LogP contribution in [0.4, 0.5) is 15.8 Å². The van der Waals surface area contributed by atoms with Crippen molar-refractivity contribution in [2.75, 3.05) is 43.1 Å². The highest BCUT2D eigenvalue weighted by atomic mass is 127. The van der Waals surface area contributed by atoms with E-state index in [0.717, 1.165) is 0 Å². The summed E-state index contributed by atoms with van der Waals surface area (Å²) in [4.78, 5) is 1.91. The van der Waals surface area contributed by atoms with Crippen molar-refractivity contribution in [2.45, 2.75) is 0 Å². The van der Waals surface area contributed by atoms with Crippen LogP contribution in [0.2, 0.25) is 0 Å². The molecule has 0 amide bonds. The predicted molar refractivity (Wildman–Crippen MR) is 82.2 cm³/mol. The summed E-state index contributed by atoms with van der Waals surface area (Å²) in [6.45, 7) is 1.81. The van der Waals surface area contributed by atoms with Crippen LogP contribution >= 0.6 is 22.6 Å². The summed E-state index contributed by atoms with van der Waals surface area (Å²) in [7, 11) is -3.16. The quantitative estimate of drug-likeness (QED) is 0.598. The number of nitrogen functional groups attached to an aromatic ring is 1. The lowest BCUT2D eigenvalue weighted by Crippen LogP contribution is -2.48. The predicted octanol–water partition coefficient (Wildman–Crippen LogP) is 1.09. The zero-order valence-electron chi connectivity index (χ0n) is 10.4. The van der Waals surface area contributed by atoms with E-state index in [9.17, 15) is 12.8 Å². The fourth-order valence-corrected chi connectivity index (χ4v) is 3.40. The van der Waals surface area contributed by atoms with Gasteiger partial charge in [-0.2, -0.15) is 4.31 Å². The Morgan fingerprint density at radius 3 is 2.37 bits per heavy atom. The number of anilines is 2. The van der Waals surface area contributed by atoms with Gasteiger partial charge in [-0.25, -0.2) is 12.8 Å². The molecular formula is C11H15FIN3O2S. The van der Waals surface area contributed by atoms with Gasteiger partial charge in [0.1, 0.15) is 5.82 Å². The molecule has 0 aromatic heterocycles. The van der Waals surface area contributed by atoms with Crippen molar-refractivity contribution < 1.29 is 12.8 Å². The molecule has 1 aromatic carbocycles. The van der Waals surface area contributed by atoms with Crippen LogP contribution in [0, 0.1) is 9.39 Å². The van der Waals surface area contributed by atoms with Crippen LogP contribution in [0.25, 0.3) is 0 Å². The average molecular weight is 399 g/mol. The Bertz CT molecular complexity index is 586. The van der Waals surface area contributed by atoms with Crippen molar-refractivity contribution in [1.82, 2.24) is 4.31 Å². The third-order valence-corrected chi connectivity index (χ3v) is 5.25. The third kappa shape index (κ3) is 3.29. The molecular weight excluding hydrogens is 384 g/mol. The maximum Gasteiger partial charge on any atom is 0.211 e. The molecule has 1 fully saturated rings. The van der Waals surface area contributed by atoms with E-state index in [0.29, 0.717) is 41.1 Å². The van der Waals surface area contributed by atoms with Gasteiger partial charge >= 0.3 is 0 Å². The molecule has 106 valence electrons. The fourth-order valence-electron chi connectivity index (χ4n) is 2.09. The molecule has 1 saturated heterocycles. The van der Waals surface area contributed by atoms with Gasteiger partial charge in [0.15, 0.2) is 0 Å². The summed E-state index contributed by atoms with van der Waals surface area (Å²) in [5.41, 5.74) is 7.04. The van der Waals surface area contributed by atoms with E-state index in [1.165, 1.54) is 16.6 Å². The first-order valence-electron chi connectivity index (χ1n) is 5.73. The van der Waals surface area contributed by atoms with Crippen LogP contribution in [0.5, 0.6) is 0 Å². The van der Waals surface area contributed by atoms with E-state index < -0.39 is 10.0 Å². The van der Waals surface area contributed by atoms with Crippen LogP contribution in [0.15, 0.2) is 12.1 Å². The normalized spacial score (nSPS) is 17.7. The number of nitrogens with zero attached hydrogens (tertiary/aromatic N) is 2. The molecule has 1 aromatic rings. The molecule has 2 N–H and O–H groups in total. The summed E-state index contributed by atoms with van der Waals surface area (Å²) in [5, 5.41) is 0. The van der Waals surface area contributed by atoms with Gasteiger partial charge in [0.2, 0.25) is 10.0 Å². The molecule has 0 saturated carbocycles. The lowest BCUT2D eigenvalue weighted by atomic mass is 10.2. The maximum absolute atomic E-state index is 13.6. The van der Waals surface area contributed by atoms with E-state index in [1.807, 2.05) is 27.5 Å². The van der Waals surface area contributed by atoms with E-state index in [1.54, 1.807) is 6.07 Å². The lowest BCUT2D eigenvalue weighted by Gasteiger charge is -2.35. The number of hydrogen-bond donors (Lipinski definition) is 1. The lowest BCUT2D eigenvalue weighted by molar-refractivity contribution is 0.388. The van der Waals surface area contributed by atoms with Gasteiger partial charge in [-0.15, -0.1) is 0 Å². The zero-order valence-corrected chi connectivity index (χ0v) is 13.4. The molecule has 0 aliphatic carbocycles. The summed E-state index contributed by atoms with van der Waals surface area (Å²) in [6.07, 6.45) is 1.20. The van der Waals surface area contributed by atoms with Crippen LogP contribution < -0.4 is 10.6 Å². The summed E-state index contributed by atoms with van der Waals surface area (Å²) < 4.78 is 38.3. The minimum absolute atomic E-state index is 0.310. The maximum atomic E-state index is 13.6. The molecule has 1 aliphatic heterocycles. The molecule has 1 heterocycles. The minimum atomic E-state index is -3.16. The van der Waals surface area contributed by atoms with Gasteiger partial charge in [0, 0.05) is 32.2 Å². The fraction of sp³-hybridized carbons (Fsp3) is 0.455. The van der Waals surface area contributed by atoms with Gasteiger partial charge in [-0.3, -0.25) is 0 Å². The second-order valence-corrected chi connectivity index (χ2v) is 7.62. The van der Waals surface area contributed by atoms with Crippen molar-refractivity contribution in [3.8, 4) is 0 Å². The van der Waals surface area contributed by atoms with E-state index >= 15 is 0 Å². The van der Waals surface area contributed by atoms with Crippen LogP contribution in [0.3, 0.4) is 0 Å². The first-order chi connectivity index (χ1) is 8.79. The Morgan fingerprint density at radius 1 is 1.26 bits per heavy atom. The van der Waals surface area contributed by atoms with Gasteiger partial charge in [0.05, 0.1) is 21.2 Å². The van der Waals surface area contributed by atoms with Crippen LogP contribution in [-0.4, -0.2) is 45.2 Å². The van der Waals surface area contributed by atoms with Crippen molar-refractivity contribution in [3.05, 3.63) is 21.5 Å². The Hall–Kier alpha value is -0.610. The third-order valence-electron chi connectivity index (χ3n) is 3.12. The molecule has 5 nitrogen and oxygen atoms in total. The largest absolute Gasteiger partial charge is 0.397 e. The number of piperazine rings is 1. The Labute approximate surface area is 125 Å². The van der Waals surface area contributed by atoms with Crippen LogP contribution in [-0.2, 0) is 10.0 Å². The molecule has 0 spiro atoms. The number of rotatable bonds is 2. The Balaban J connectivity index is 2.16. The Kier molecular flexibility index (Phi) is 4.21. The van der Waals surface area contributed by atoms with Crippen LogP contribution in [0.1, 0.15) is 0 Å². The molecule has 0 bridgehead atoms. The molecule has 0 radical (unpaired) electrons. The van der Waals surface area contributed by atoms with E-state index in [2.05, 4.69) is 0 Å². The first-order valence-corrected chi connectivity index (χ1v) is 8.66. The molecule has 19 heavy (non-hydrogen) atoms. The minimum Gasteiger partial charge on any atom is -0.397 e. The topological polar surface area (TPSA) is 66.6 Å². The van der Waals surface area contributed by atoms with Crippen molar-refractivity contribution >= 4 is 44.0 Å². The van der Waals surface area contributed by atoms with Gasteiger partial charge in [-0.1, -0.05) is 0 Å². The Morgan fingerprint density at radius 2 is 1.84 bits per heavy atom. The smallest absolute Gasteiger partial charge is 0.211 e. The molecule has 8 heteroatoms. The summed E-state index contributed by atoms with van der Waals surface area (Å²) >= 11 is 1.89. The van der Waals surface area contributed by atoms with Crippen molar-refractivity contribution in [3.63, 3.8) is 0 Å². The second-order valence-electron chi connectivity index (χ2n) is 4.47. The van der Waals surface area contributed by atoms with Crippen molar-refractivity contribution in [1.29, 1.82) is 0 Å². The number of halogens is 2. The average Bonchev–Trinajstić information content (AvgIpc) is 2.33. The highest BCUT2D eigenvalue weighted by molar-refractivity contribution is 14.1. The van der Waals surface area contributed by atoms with E-state index in [-0.39, 0.29) is 5.82 Å².